The molecule has 1 aliphatic heterocycles. The van der Waals surface area contributed by atoms with Crippen molar-refractivity contribution in [3.05, 3.63) is 111 Å². The maximum atomic E-state index is 13.6. The molecule has 3 heterocycles. The molecule has 1 N–H and O–H groups in total. The predicted molar refractivity (Wildman–Crippen MR) is 135 cm³/mol. The second kappa shape index (κ2) is 7.99. The highest BCUT2D eigenvalue weighted by Crippen LogP contribution is 2.42. The number of nitrogens with zero attached hydrogens (tertiary/aromatic N) is 2. The van der Waals surface area contributed by atoms with Gasteiger partial charge < -0.3 is 5.11 Å². The van der Waals surface area contributed by atoms with Crippen LogP contribution in [-0.2, 0) is 6.42 Å². The first-order valence-electron chi connectivity index (χ1n) is 10.4. The van der Waals surface area contributed by atoms with Gasteiger partial charge in [0.25, 0.3) is 5.56 Å². The van der Waals surface area contributed by atoms with Gasteiger partial charge in [-0.3, -0.25) is 9.36 Å². The minimum Gasteiger partial charge on any atom is -0.506 e. The zero-order valence-corrected chi connectivity index (χ0v) is 20.2. The third kappa shape index (κ3) is 3.40. The SMILES string of the molecule is O=c1/c(=C\c2cc(Cl)cc(Cl)c2O)sc2n1C(c1cccs1)C1=C(N=2)c2ccccc2CC1. The lowest BCUT2D eigenvalue weighted by molar-refractivity contribution is 0.474. The van der Waals surface area contributed by atoms with Gasteiger partial charge in [-0.1, -0.05) is 64.9 Å². The van der Waals surface area contributed by atoms with Gasteiger partial charge in [-0.25, -0.2) is 4.99 Å². The predicted octanol–water partition coefficient (Wildman–Crippen LogP) is 5.39. The van der Waals surface area contributed by atoms with E-state index in [1.54, 1.807) is 28.0 Å². The molecule has 2 aromatic carbocycles. The molecule has 0 saturated heterocycles. The summed E-state index contributed by atoms with van der Waals surface area (Å²) in [5.41, 5.74) is 4.82. The summed E-state index contributed by atoms with van der Waals surface area (Å²) in [4.78, 5) is 20.4. The smallest absolute Gasteiger partial charge is 0.271 e. The molecule has 4 aromatic rings. The molecule has 0 bridgehead atoms. The Kier molecular flexibility index (Phi) is 5.07. The van der Waals surface area contributed by atoms with Gasteiger partial charge in [-0.05, 0) is 53.6 Å². The van der Waals surface area contributed by atoms with Crippen molar-refractivity contribution in [3.8, 4) is 5.75 Å². The minimum absolute atomic E-state index is 0.102. The molecular weight excluding hydrogens is 495 g/mol. The van der Waals surface area contributed by atoms with Gasteiger partial charge in [0, 0.05) is 21.0 Å². The molecule has 0 fully saturated rings. The van der Waals surface area contributed by atoms with Gasteiger partial charge in [-0.15, -0.1) is 11.3 Å². The van der Waals surface area contributed by atoms with Gasteiger partial charge in [-0.2, -0.15) is 0 Å². The molecule has 0 radical (unpaired) electrons. The second-order valence-corrected chi connectivity index (χ2v) is 10.8. The van der Waals surface area contributed by atoms with Crippen molar-refractivity contribution in [2.24, 2.45) is 4.99 Å². The maximum absolute atomic E-state index is 13.6. The Labute approximate surface area is 207 Å². The standard InChI is InChI=1S/C25H16Cl2N2O2S2/c26-15-10-14(23(30)18(27)12-15)11-20-24(31)29-22(19-6-3-9-32-19)17-8-7-13-4-1-2-5-16(13)21(17)28-25(29)33-20/h1-6,9-12,22,30H,7-8H2/b20-11+. The van der Waals surface area contributed by atoms with Crippen LogP contribution in [0.5, 0.6) is 5.75 Å². The van der Waals surface area contributed by atoms with E-state index in [1.807, 2.05) is 17.5 Å². The summed E-state index contributed by atoms with van der Waals surface area (Å²) in [7, 11) is 0. The number of rotatable bonds is 2. The van der Waals surface area contributed by atoms with Crippen molar-refractivity contribution in [1.29, 1.82) is 0 Å². The van der Waals surface area contributed by atoms with E-state index in [-0.39, 0.29) is 22.4 Å². The first-order valence-corrected chi connectivity index (χ1v) is 12.8. The van der Waals surface area contributed by atoms with E-state index in [9.17, 15) is 9.90 Å². The monoisotopic (exact) mass is 510 g/mol. The molecule has 8 heteroatoms. The summed E-state index contributed by atoms with van der Waals surface area (Å²) >= 11 is 15.2. The summed E-state index contributed by atoms with van der Waals surface area (Å²) in [6.45, 7) is 0. The summed E-state index contributed by atoms with van der Waals surface area (Å²) in [5, 5.41) is 13.0. The summed E-state index contributed by atoms with van der Waals surface area (Å²) < 4.78 is 2.26. The molecular formula is C25H16Cl2N2O2S2. The lowest BCUT2D eigenvalue weighted by Gasteiger charge is -2.30. The van der Waals surface area contributed by atoms with E-state index in [0.29, 0.717) is 19.9 Å². The fraction of sp³-hybridized carbons (Fsp3) is 0.120. The Morgan fingerprint density at radius 1 is 1.12 bits per heavy atom. The number of thiazole rings is 1. The molecule has 2 aliphatic rings. The fourth-order valence-electron chi connectivity index (χ4n) is 4.56. The molecule has 2 aromatic heterocycles. The van der Waals surface area contributed by atoms with Crippen LogP contribution in [0.4, 0.5) is 0 Å². The molecule has 1 unspecified atom stereocenters. The van der Waals surface area contributed by atoms with Crippen LogP contribution >= 0.6 is 45.9 Å². The summed E-state index contributed by atoms with van der Waals surface area (Å²) in [6.07, 6.45) is 3.41. The number of phenolic OH excluding ortho intramolecular Hbond substituents is 1. The van der Waals surface area contributed by atoms with E-state index in [1.165, 1.54) is 28.5 Å². The lowest BCUT2D eigenvalue weighted by atomic mass is 9.85. The second-order valence-electron chi connectivity index (χ2n) is 7.95. The van der Waals surface area contributed by atoms with Crippen LogP contribution in [0.2, 0.25) is 10.0 Å². The van der Waals surface area contributed by atoms with Crippen LogP contribution in [0, 0.1) is 0 Å². The van der Waals surface area contributed by atoms with Crippen LogP contribution in [0.1, 0.15) is 34.0 Å². The topological polar surface area (TPSA) is 54.6 Å². The quantitative estimate of drug-likeness (QED) is 0.392. The van der Waals surface area contributed by atoms with E-state index < -0.39 is 0 Å². The Morgan fingerprint density at radius 3 is 2.79 bits per heavy atom. The largest absolute Gasteiger partial charge is 0.506 e. The molecule has 0 amide bonds. The fourth-order valence-corrected chi connectivity index (χ4v) is 6.90. The Hall–Kier alpha value is -2.64. The van der Waals surface area contributed by atoms with Gasteiger partial charge in [0.15, 0.2) is 4.80 Å². The Morgan fingerprint density at radius 2 is 1.97 bits per heavy atom. The van der Waals surface area contributed by atoms with Crippen LogP contribution in [0.3, 0.4) is 0 Å². The Bertz CT molecular complexity index is 1630. The number of benzene rings is 2. The molecule has 33 heavy (non-hydrogen) atoms. The highest BCUT2D eigenvalue weighted by molar-refractivity contribution is 7.10. The third-order valence-electron chi connectivity index (χ3n) is 6.03. The number of hydrogen-bond acceptors (Lipinski definition) is 5. The van der Waals surface area contributed by atoms with Crippen molar-refractivity contribution in [2.75, 3.05) is 0 Å². The zero-order chi connectivity index (χ0) is 22.7. The number of aromatic hydroxyl groups is 1. The van der Waals surface area contributed by atoms with E-state index >= 15 is 0 Å². The van der Waals surface area contributed by atoms with Crippen LogP contribution in [-0.4, -0.2) is 9.67 Å². The zero-order valence-electron chi connectivity index (χ0n) is 17.1. The number of thiophene rings is 1. The maximum Gasteiger partial charge on any atom is 0.271 e. The molecule has 1 aliphatic carbocycles. The van der Waals surface area contributed by atoms with Crippen LogP contribution in [0.25, 0.3) is 11.8 Å². The van der Waals surface area contributed by atoms with Crippen molar-refractivity contribution in [3.63, 3.8) is 0 Å². The van der Waals surface area contributed by atoms with E-state index in [4.69, 9.17) is 28.2 Å². The first kappa shape index (κ1) is 20.9. The van der Waals surface area contributed by atoms with Gasteiger partial charge in [0.05, 0.1) is 21.3 Å². The van der Waals surface area contributed by atoms with Crippen molar-refractivity contribution in [2.45, 2.75) is 18.9 Å². The number of aryl methyl sites for hydroxylation is 1. The average Bonchev–Trinajstić information content (AvgIpc) is 3.44. The number of phenols is 1. The average molecular weight is 511 g/mol. The molecule has 6 rings (SSSR count). The van der Waals surface area contributed by atoms with Crippen LogP contribution in [0.15, 0.2) is 69.3 Å². The van der Waals surface area contributed by atoms with Gasteiger partial charge in [0.1, 0.15) is 5.75 Å². The minimum atomic E-state index is -0.191. The summed E-state index contributed by atoms with van der Waals surface area (Å²) in [5.74, 6) is -0.102. The number of allylic oxidation sites excluding steroid dienone is 1. The van der Waals surface area contributed by atoms with Crippen molar-refractivity contribution < 1.29 is 5.11 Å². The van der Waals surface area contributed by atoms with Crippen molar-refractivity contribution >= 4 is 57.6 Å². The normalized spacial score (nSPS) is 17.4. The van der Waals surface area contributed by atoms with Crippen molar-refractivity contribution in [1.82, 2.24) is 4.57 Å². The number of halogens is 2. The summed E-state index contributed by atoms with van der Waals surface area (Å²) in [6, 6.07) is 15.3. The molecule has 0 saturated carbocycles. The first-order chi connectivity index (χ1) is 16.0. The molecule has 4 nitrogen and oxygen atoms in total. The Balaban J connectivity index is 1.63. The van der Waals surface area contributed by atoms with Gasteiger partial charge in [0.2, 0.25) is 0 Å². The van der Waals surface area contributed by atoms with Gasteiger partial charge >= 0.3 is 0 Å². The third-order valence-corrected chi connectivity index (χ3v) is 8.44. The number of hydrogen-bond donors (Lipinski definition) is 1. The highest BCUT2D eigenvalue weighted by Gasteiger charge is 2.33. The van der Waals surface area contributed by atoms with E-state index in [0.717, 1.165) is 29.0 Å². The molecule has 0 spiro atoms. The number of fused-ring (bicyclic) bond motifs is 3. The molecule has 164 valence electrons. The molecule has 1 atom stereocenters. The highest BCUT2D eigenvalue weighted by atomic mass is 35.5. The lowest BCUT2D eigenvalue weighted by Crippen LogP contribution is -2.38. The van der Waals surface area contributed by atoms with Crippen LogP contribution < -0.4 is 14.9 Å². The van der Waals surface area contributed by atoms with E-state index in [2.05, 4.69) is 24.3 Å². The number of aromatic nitrogens is 1.